The average Bonchev–Trinajstić information content (AvgIpc) is 2.90. The molecule has 3 rings (SSSR count). The summed E-state index contributed by atoms with van der Waals surface area (Å²) in [6.45, 7) is 4.07. The minimum atomic E-state index is -0.0290. The number of rotatable bonds is 4. The molecule has 1 atom stereocenters. The van der Waals surface area contributed by atoms with Crippen molar-refractivity contribution in [3.05, 3.63) is 51.2 Å². The molecule has 1 aromatic carbocycles. The Morgan fingerprint density at radius 2 is 1.95 bits per heavy atom. The molecule has 1 unspecified atom stereocenters. The standard InChI is InChI=1S/C17H21NOS2/c1-11(2)19-14-5-3-12(4-6-14)17(18)16-9-13-10-20-8-7-15(13)21-16/h3-6,9,11,17H,7-8,10,18H2,1-2H3. The fourth-order valence-electron chi connectivity index (χ4n) is 2.51. The molecule has 1 aromatic heterocycles. The quantitative estimate of drug-likeness (QED) is 0.908. The Morgan fingerprint density at radius 1 is 1.19 bits per heavy atom. The van der Waals surface area contributed by atoms with Crippen molar-refractivity contribution in [2.24, 2.45) is 5.73 Å². The van der Waals surface area contributed by atoms with Crippen molar-refractivity contribution in [2.45, 2.75) is 38.2 Å². The first-order valence-corrected chi connectivity index (χ1v) is 9.32. The lowest BCUT2D eigenvalue weighted by molar-refractivity contribution is 0.242. The smallest absolute Gasteiger partial charge is 0.119 e. The van der Waals surface area contributed by atoms with Gasteiger partial charge in [0.15, 0.2) is 0 Å². The highest BCUT2D eigenvalue weighted by Crippen LogP contribution is 2.35. The molecule has 0 saturated carbocycles. The molecule has 1 aliphatic heterocycles. The topological polar surface area (TPSA) is 35.2 Å². The molecule has 4 heteroatoms. The van der Waals surface area contributed by atoms with Crippen molar-refractivity contribution in [3.63, 3.8) is 0 Å². The number of hydrogen-bond acceptors (Lipinski definition) is 4. The van der Waals surface area contributed by atoms with E-state index >= 15 is 0 Å². The molecule has 0 radical (unpaired) electrons. The summed E-state index contributed by atoms with van der Waals surface area (Å²) in [7, 11) is 0. The van der Waals surface area contributed by atoms with E-state index in [1.54, 1.807) is 0 Å². The largest absolute Gasteiger partial charge is 0.491 e. The van der Waals surface area contributed by atoms with Gasteiger partial charge in [-0.15, -0.1) is 11.3 Å². The van der Waals surface area contributed by atoms with Crippen LogP contribution in [0.4, 0.5) is 0 Å². The van der Waals surface area contributed by atoms with Crippen molar-refractivity contribution >= 4 is 23.1 Å². The summed E-state index contributed by atoms with van der Waals surface area (Å²) in [5.41, 5.74) is 9.08. The van der Waals surface area contributed by atoms with E-state index in [1.165, 1.54) is 27.5 Å². The summed E-state index contributed by atoms with van der Waals surface area (Å²) in [5.74, 6) is 3.28. The van der Waals surface area contributed by atoms with Gasteiger partial charge in [0.05, 0.1) is 12.1 Å². The minimum absolute atomic E-state index is 0.0290. The van der Waals surface area contributed by atoms with Crippen LogP contribution >= 0.6 is 23.1 Å². The maximum atomic E-state index is 6.44. The van der Waals surface area contributed by atoms with Crippen molar-refractivity contribution < 1.29 is 4.74 Å². The summed E-state index contributed by atoms with van der Waals surface area (Å²) in [6, 6.07) is 10.5. The third-order valence-corrected chi connectivity index (χ3v) is 5.89. The molecule has 0 saturated heterocycles. The molecule has 2 heterocycles. The Morgan fingerprint density at radius 3 is 2.62 bits per heavy atom. The highest BCUT2D eigenvalue weighted by molar-refractivity contribution is 7.98. The maximum Gasteiger partial charge on any atom is 0.119 e. The molecular formula is C17H21NOS2. The van der Waals surface area contributed by atoms with Gasteiger partial charge in [-0.05, 0) is 55.3 Å². The molecule has 0 amide bonds. The zero-order valence-electron chi connectivity index (χ0n) is 12.5. The van der Waals surface area contributed by atoms with Crippen LogP contribution in [0.3, 0.4) is 0 Å². The molecule has 2 aromatic rings. The number of aryl methyl sites for hydroxylation is 1. The molecule has 2 N–H and O–H groups in total. The first-order valence-electron chi connectivity index (χ1n) is 7.35. The number of nitrogens with two attached hydrogens (primary N) is 1. The van der Waals surface area contributed by atoms with E-state index in [4.69, 9.17) is 10.5 Å². The van der Waals surface area contributed by atoms with Gasteiger partial charge in [0.1, 0.15) is 5.75 Å². The molecule has 0 fully saturated rings. The van der Waals surface area contributed by atoms with Crippen molar-refractivity contribution in [2.75, 3.05) is 5.75 Å². The third kappa shape index (κ3) is 3.44. The second-order valence-corrected chi connectivity index (χ2v) is 7.89. The lowest BCUT2D eigenvalue weighted by Gasteiger charge is -2.13. The van der Waals surface area contributed by atoms with Gasteiger partial charge in [-0.2, -0.15) is 11.8 Å². The van der Waals surface area contributed by atoms with Crippen LogP contribution in [0.5, 0.6) is 5.75 Å². The first kappa shape index (κ1) is 14.9. The Labute approximate surface area is 134 Å². The van der Waals surface area contributed by atoms with Crippen LogP contribution in [0.2, 0.25) is 0 Å². The molecule has 1 aliphatic rings. The van der Waals surface area contributed by atoms with Gasteiger partial charge in [-0.1, -0.05) is 12.1 Å². The van der Waals surface area contributed by atoms with Crippen LogP contribution in [0.1, 0.15) is 40.8 Å². The van der Waals surface area contributed by atoms with Crippen molar-refractivity contribution in [1.82, 2.24) is 0 Å². The van der Waals surface area contributed by atoms with Crippen LogP contribution in [0.25, 0.3) is 0 Å². The van der Waals surface area contributed by atoms with E-state index in [9.17, 15) is 0 Å². The third-order valence-electron chi connectivity index (χ3n) is 3.56. The number of thioether (sulfide) groups is 1. The maximum absolute atomic E-state index is 6.44. The summed E-state index contributed by atoms with van der Waals surface area (Å²) in [5, 5.41) is 0. The summed E-state index contributed by atoms with van der Waals surface area (Å²) in [4.78, 5) is 2.80. The van der Waals surface area contributed by atoms with E-state index in [0.29, 0.717) is 0 Å². The van der Waals surface area contributed by atoms with Gasteiger partial charge in [-0.3, -0.25) is 0 Å². The van der Waals surface area contributed by atoms with Crippen LogP contribution < -0.4 is 10.5 Å². The fourth-order valence-corrected chi connectivity index (χ4v) is 4.92. The second-order valence-electron chi connectivity index (χ2n) is 5.61. The monoisotopic (exact) mass is 319 g/mol. The normalized spacial score (nSPS) is 15.8. The van der Waals surface area contributed by atoms with E-state index in [-0.39, 0.29) is 12.1 Å². The molecule has 0 spiro atoms. The van der Waals surface area contributed by atoms with Crippen LogP contribution in [0, 0.1) is 0 Å². The number of ether oxygens (including phenoxy) is 1. The lowest BCUT2D eigenvalue weighted by Crippen LogP contribution is -2.10. The van der Waals surface area contributed by atoms with Crippen molar-refractivity contribution in [1.29, 1.82) is 0 Å². The Hall–Kier alpha value is -0.970. The van der Waals surface area contributed by atoms with E-state index in [0.717, 1.165) is 17.1 Å². The number of hydrogen-bond donors (Lipinski definition) is 1. The molecule has 0 bridgehead atoms. The highest BCUT2D eigenvalue weighted by Gasteiger charge is 2.18. The SMILES string of the molecule is CC(C)Oc1ccc(C(N)c2cc3c(s2)CCSC3)cc1. The van der Waals surface area contributed by atoms with Crippen LogP contribution in [-0.4, -0.2) is 11.9 Å². The highest BCUT2D eigenvalue weighted by atomic mass is 32.2. The van der Waals surface area contributed by atoms with E-state index < -0.39 is 0 Å². The molecule has 21 heavy (non-hydrogen) atoms. The number of fused-ring (bicyclic) bond motifs is 1. The van der Waals surface area contributed by atoms with Crippen LogP contribution in [-0.2, 0) is 12.2 Å². The minimum Gasteiger partial charge on any atom is -0.491 e. The fraction of sp³-hybridized carbons (Fsp3) is 0.412. The zero-order chi connectivity index (χ0) is 14.8. The van der Waals surface area contributed by atoms with Gasteiger partial charge in [0.2, 0.25) is 0 Å². The predicted molar refractivity (Wildman–Crippen MR) is 92.4 cm³/mol. The lowest BCUT2D eigenvalue weighted by atomic mass is 10.1. The van der Waals surface area contributed by atoms with E-state index in [2.05, 4.69) is 18.2 Å². The van der Waals surface area contributed by atoms with Gasteiger partial charge in [0.25, 0.3) is 0 Å². The van der Waals surface area contributed by atoms with E-state index in [1.807, 2.05) is 49.1 Å². The zero-order valence-corrected chi connectivity index (χ0v) is 14.1. The van der Waals surface area contributed by atoms with Gasteiger partial charge in [-0.25, -0.2) is 0 Å². The van der Waals surface area contributed by atoms with Gasteiger partial charge >= 0.3 is 0 Å². The van der Waals surface area contributed by atoms with Gasteiger partial charge < -0.3 is 10.5 Å². The summed E-state index contributed by atoms with van der Waals surface area (Å²) >= 11 is 3.90. The Balaban J connectivity index is 1.78. The first-order chi connectivity index (χ1) is 10.1. The Kier molecular flexibility index (Phi) is 4.57. The number of thiophene rings is 1. The molecule has 2 nitrogen and oxygen atoms in total. The van der Waals surface area contributed by atoms with Crippen molar-refractivity contribution in [3.8, 4) is 5.75 Å². The van der Waals surface area contributed by atoms with Gasteiger partial charge in [0, 0.05) is 15.5 Å². The molecule has 112 valence electrons. The molecular weight excluding hydrogens is 298 g/mol. The number of benzene rings is 1. The summed E-state index contributed by atoms with van der Waals surface area (Å²) in [6.07, 6.45) is 1.39. The van der Waals surface area contributed by atoms with Crippen LogP contribution in [0.15, 0.2) is 30.3 Å². The second kappa shape index (κ2) is 6.42. The average molecular weight is 319 g/mol. The summed E-state index contributed by atoms with van der Waals surface area (Å²) < 4.78 is 5.68. The predicted octanol–water partition coefficient (Wildman–Crippen LogP) is 4.37. The Bertz CT molecular complexity index is 580. The molecule has 0 aliphatic carbocycles.